The number of nitrogens with two attached hydrogens (primary N) is 1. The first-order valence-corrected chi connectivity index (χ1v) is 5.87. The van der Waals surface area contributed by atoms with Crippen LogP contribution in [0, 0.1) is 0 Å². The number of carboxylic acids is 1. The van der Waals surface area contributed by atoms with Gasteiger partial charge in [-0.3, -0.25) is 0 Å². The quantitative estimate of drug-likeness (QED) is 0.626. The van der Waals surface area contributed by atoms with E-state index in [1.807, 2.05) is 11.9 Å². The third-order valence-corrected chi connectivity index (χ3v) is 2.71. The van der Waals surface area contributed by atoms with Crippen molar-refractivity contribution < 1.29 is 15.0 Å². The van der Waals surface area contributed by atoms with Crippen LogP contribution in [0.15, 0.2) is 12.3 Å². The Morgan fingerprint density at radius 2 is 2.17 bits per heavy atom. The van der Waals surface area contributed by atoms with Crippen LogP contribution in [0.4, 0.5) is 11.5 Å². The van der Waals surface area contributed by atoms with Crippen molar-refractivity contribution in [2.24, 2.45) is 0 Å². The Morgan fingerprint density at radius 1 is 1.44 bits per heavy atom. The van der Waals surface area contributed by atoms with Gasteiger partial charge in [0.1, 0.15) is 0 Å². The minimum Gasteiger partial charge on any atom is -0.478 e. The average Bonchev–Trinajstić information content (AvgIpc) is 2.34. The zero-order valence-electron chi connectivity index (χ0n) is 10.5. The van der Waals surface area contributed by atoms with Crippen molar-refractivity contribution in [3.05, 3.63) is 17.8 Å². The molecule has 18 heavy (non-hydrogen) atoms. The molecule has 0 bridgehead atoms. The van der Waals surface area contributed by atoms with Crippen molar-refractivity contribution in [3.8, 4) is 0 Å². The first kappa shape index (κ1) is 14.2. The molecule has 0 unspecified atom stereocenters. The van der Waals surface area contributed by atoms with Crippen LogP contribution in [0.2, 0.25) is 0 Å². The van der Waals surface area contributed by atoms with E-state index in [1.165, 1.54) is 12.3 Å². The zero-order chi connectivity index (χ0) is 13.5. The van der Waals surface area contributed by atoms with Gasteiger partial charge in [-0.15, -0.1) is 0 Å². The van der Waals surface area contributed by atoms with Crippen LogP contribution in [-0.2, 0) is 0 Å². The number of carbonyl (C=O) groups is 1. The lowest BCUT2D eigenvalue weighted by Crippen LogP contribution is -2.22. The van der Waals surface area contributed by atoms with Crippen LogP contribution in [-0.4, -0.2) is 41.4 Å². The van der Waals surface area contributed by atoms with E-state index in [0.29, 0.717) is 5.82 Å². The minimum absolute atomic E-state index is 0.0715. The molecule has 0 aliphatic heterocycles. The Bertz CT molecular complexity index is 410. The fourth-order valence-corrected chi connectivity index (χ4v) is 1.70. The second-order valence-electron chi connectivity index (χ2n) is 4.11. The van der Waals surface area contributed by atoms with Gasteiger partial charge in [-0.1, -0.05) is 0 Å². The summed E-state index contributed by atoms with van der Waals surface area (Å²) < 4.78 is 0. The molecule has 1 aromatic rings. The number of rotatable bonds is 7. The van der Waals surface area contributed by atoms with Crippen molar-refractivity contribution in [2.75, 3.05) is 30.8 Å². The van der Waals surface area contributed by atoms with E-state index in [0.717, 1.165) is 25.8 Å². The third-order valence-electron chi connectivity index (χ3n) is 2.71. The minimum atomic E-state index is -1.05. The average molecular weight is 253 g/mol. The molecule has 1 heterocycles. The van der Waals surface area contributed by atoms with Gasteiger partial charge >= 0.3 is 5.97 Å². The van der Waals surface area contributed by atoms with E-state index in [-0.39, 0.29) is 17.9 Å². The number of nitrogen functional groups attached to an aromatic ring is 1. The highest BCUT2D eigenvalue weighted by Gasteiger charge is 2.14. The number of nitrogens with zero attached hydrogens (tertiary/aromatic N) is 2. The normalized spacial score (nSPS) is 10.3. The summed E-state index contributed by atoms with van der Waals surface area (Å²) in [6.07, 6.45) is 4.03. The third kappa shape index (κ3) is 3.59. The molecule has 0 aliphatic carbocycles. The lowest BCUT2D eigenvalue weighted by molar-refractivity contribution is 0.0698. The largest absolute Gasteiger partial charge is 0.478 e. The summed E-state index contributed by atoms with van der Waals surface area (Å²) in [7, 11) is 1.82. The molecule has 1 rings (SSSR count). The van der Waals surface area contributed by atoms with E-state index in [1.54, 1.807) is 0 Å². The topological polar surface area (TPSA) is 99.7 Å². The predicted octanol–water partition coefficient (Wildman–Crippen LogP) is 0.961. The first-order chi connectivity index (χ1) is 8.57. The second-order valence-corrected chi connectivity index (χ2v) is 4.11. The molecule has 0 aliphatic rings. The number of aromatic carboxylic acids is 1. The maximum absolute atomic E-state index is 10.9. The van der Waals surface area contributed by atoms with Crippen molar-refractivity contribution in [1.29, 1.82) is 0 Å². The first-order valence-electron chi connectivity index (χ1n) is 5.87. The number of aliphatic hydroxyl groups is 1. The van der Waals surface area contributed by atoms with E-state index in [4.69, 9.17) is 15.9 Å². The van der Waals surface area contributed by atoms with Gasteiger partial charge in [-0.2, -0.15) is 0 Å². The second kappa shape index (κ2) is 6.80. The summed E-state index contributed by atoms with van der Waals surface area (Å²) in [6.45, 7) is 0.916. The van der Waals surface area contributed by atoms with E-state index < -0.39 is 5.97 Å². The highest BCUT2D eigenvalue weighted by Crippen LogP contribution is 2.23. The summed E-state index contributed by atoms with van der Waals surface area (Å²) in [5.41, 5.74) is 6.05. The van der Waals surface area contributed by atoms with E-state index >= 15 is 0 Å². The molecule has 0 aromatic carbocycles. The molecule has 0 fully saturated rings. The Labute approximate surface area is 106 Å². The van der Waals surface area contributed by atoms with Crippen LogP contribution in [0.3, 0.4) is 0 Å². The van der Waals surface area contributed by atoms with Gasteiger partial charge in [0.25, 0.3) is 0 Å². The molecule has 0 spiro atoms. The Kier molecular flexibility index (Phi) is 5.38. The van der Waals surface area contributed by atoms with Gasteiger partial charge in [-0.05, 0) is 25.3 Å². The SMILES string of the molecule is CN(CCCCCO)c1nccc(C(=O)O)c1N. The van der Waals surface area contributed by atoms with Crippen LogP contribution in [0.25, 0.3) is 0 Å². The summed E-state index contributed by atoms with van der Waals surface area (Å²) in [5, 5.41) is 17.6. The Balaban J connectivity index is 2.70. The van der Waals surface area contributed by atoms with Crippen molar-refractivity contribution >= 4 is 17.5 Å². The van der Waals surface area contributed by atoms with Gasteiger partial charge in [0, 0.05) is 26.4 Å². The number of aromatic nitrogens is 1. The number of aliphatic hydroxyl groups excluding tert-OH is 1. The lowest BCUT2D eigenvalue weighted by Gasteiger charge is -2.20. The van der Waals surface area contributed by atoms with Crippen molar-refractivity contribution in [2.45, 2.75) is 19.3 Å². The monoisotopic (exact) mass is 253 g/mol. The predicted molar refractivity (Wildman–Crippen MR) is 69.8 cm³/mol. The summed E-state index contributed by atoms with van der Waals surface area (Å²) in [5.74, 6) is -0.566. The molecule has 0 saturated heterocycles. The fraction of sp³-hybridized carbons (Fsp3) is 0.500. The number of anilines is 2. The van der Waals surface area contributed by atoms with E-state index in [9.17, 15) is 4.79 Å². The molecule has 1 aromatic heterocycles. The Morgan fingerprint density at radius 3 is 2.78 bits per heavy atom. The molecule has 0 amide bonds. The lowest BCUT2D eigenvalue weighted by atomic mass is 10.2. The highest BCUT2D eigenvalue weighted by molar-refractivity contribution is 5.96. The Hall–Kier alpha value is -1.82. The van der Waals surface area contributed by atoms with E-state index in [2.05, 4.69) is 4.98 Å². The van der Waals surface area contributed by atoms with Gasteiger partial charge in [0.15, 0.2) is 5.82 Å². The molecule has 6 heteroatoms. The fourth-order valence-electron chi connectivity index (χ4n) is 1.70. The zero-order valence-corrected chi connectivity index (χ0v) is 10.5. The summed E-state index contributed by atoms with van der Waals surface area (Å²) in [4.78, 5) is 16.9. The smallest absolute Gasteiger partial charge is 0.337 e. The number of hydrogen-bond donors (Lipinski definition) is 3. The summed E-state index contributed by atoms with van der Waals surface area (Å²) >= 11 is 0. The summed E-state index contributed by atoms with van der Waals surface area (Å²) in [6, 6.07) is 1.39. The van der Waals surface area contributed by atoms with Crippen LogP contribution < -0.4 is 10.6 Å². The molecular weight excluding hydrogens is 234 g/mol. The van der Waals surface area contributed by atoms with Crippen LogP contribution in [0.1, 0.15) is 29.6 Å². The van der Waals surface area contributed by atoms with Gasteiger partial charge < -0.3 is 20.8 Å². The van der Waals surface area contributed by atoms with Crippen molar-refractivity contribution in [1.82, 2.24) is 4.98 Å². The van der Waals surface area contributed by atoms with Crippen molar-refractivity contribution in [3.63, 3.8) is 0 Å². The molecule has 0 atom stereocenters. The number of pyridine rings is 1. The number of carboxylic acid groups (broad SMARTS) is 1. The standard InChI is InChI=1S/C12H19N3O3/c1-15(7-3-2-4-8-16)11-10(13)9(12(17)18)5-6-14-11/h5-6,16H,2-4,7-8,13H2,1H3,(H,17,18). The maximum Gasteiger partial charge on any atom is 0.337 e. The highest BCUT2D eigenvalue weighted by atomic mass is 16.4. The van der Waals surface area contributed by atoms with Crippen LogP contribution >= 0.6 is 0 Å². The molecule has 4 N–H and O–H groups in total. The molecular formula is C12H19N3O3. The number of hydrogen-bond acceptors (Lipinski definition) is 5. The molecule has 0 radical (unpaired) electrons. The molecule has 6 nitrogen and oxygen atoms in total. The van der Waals surface area contributed by atoms with Crippen LogP contribution in [0.5, 0.6) is 0 Å². The molecule has 100 valence electrons. The number of unbranched alkanes of at least 4 members (excludes halogenated alkanes) is 2. The maximum atomic E-state index is 10.9. The van der Waals surface area contributed by atoms with Gasteiger partial charge in [-0.25, -0.2) is 9.78 Å². The molecule has 0 saturated carbocycles. The van der Waals surface area contributed by atoms with Gasteiger partial charge in [0.05, 0.1) is 11.3 Å². The van der Waals surface area contributed by atoms with Gasteiger partial charge in [0.2, 0.25) is 0 Å².